The summed E-state index contributed by atoms with van der Waals surface area (Å²) in [5.74, 6) is 0.775. The lowest BCUT2D eigenvalue weighted by molar-refractivity contribution is -0.129. The Kier molecular flexibility index (Phi) is 6.50. The van der Waals surface area contributed by atoms with Crippen molar-refractivity contribution in [2.24, 2.45) is 0 Å². The largest absolute Gasteiger partial charge is 0.384 e. The standard InChI is InChI=1S/C26H30BN7O/c1-17(35)33-12-10-20(11-13-33)29-16-23-24(27-2)25(28)34-26(32-23)21(15-31-34)19-8-9-22(30-14-19)18-6-4-3-5-7-18/h3-9,14-15,20,27,29H,10-13,16,28H2,1-2H3. The molecule has 1 aliphatic heterocycles. The molecular weight excluding hydrogens is 437 g/mol. The van der Waals surface area contributed by atoms with E-state index in [0.29, 0.717) is 18.4 Å². The average molecular weight is 467 g/mol. The summed E-state index contributed by atoms with van der Waals surface area (Å²) in [7, 11) is 0.775. The molecule has 1 amide bonds. The van der Waals surface area contributed by atoms with E-state index in [4.69, 9.17) is 10.7 Å². The van der Waals surface area contributed by atoms with Gasteiger partial charge in [0, 0.05) is 55.5 Å². The van der Waals surface area contributed by atoms with Crippen molar-refractivity contribution in [2.75, 3.05) is 18.8 Å². The number of nitrogens with one attached hydrogen (secondary N) is 1. The van der Waals surface area contributed by atoms with Crippen molar-refractivity contribution in [2.45, 2.75) is 39.2 Å². The van der Waals surface area contributed by atoms with E-state index in [9.17, 15) is 4.79 Å². The van der Waals surface area contributed by atoms with Crippen LogP contribution in [0.25, 0.3) is 28.0 Å². The molecule has 1 saturated heterocycles. The summed E-state index contributed by atoms with van der Waals surface area (Å²) in [6.07, 6.45) is 5.56. The van der Waals surface area contributed by atoms with Crippen LogP contribution in [0, 0.1) is 0 Å². The molecule has 0 atom stereocenters. The van der Waals surface area contributed by atoms with Crippen LogP contribution < -0.4 is 16.5 Å². The lowest BCUT2D eigenvalue weighted by Crippen LogP contribution is -2.44. The van der Waals surface area contributed by atoms with Gasteiger partial charge in [-0.25, -0.2) is 4.98 Å². The molecule has 0 unspecified atom stereocenters. The van der Waals surface area contributed by atoms with Gasteiger partial charge in [0.2, 0.25) is 5.91 Å². The highest BCUT2D eigenvalue weighted by Crippen LogP contribution is 2.26. The third-order valence-corrected chi connectivity index (χ3v) is 6.87. The molecule has 5 rings (SSSR count). The number of carbonyl (C=O) groups is 1. The Hall–Kier alpha value is -3.72. The van der Waals surface area contributed by atoms with Crippen LogP contribution in [-0.2, 0) is 11.3 Å². The SMILES string of the molecule is CBc1c(CNC2CCN(C(C)=O)CC2)nc2c(-c3ccc(-c4ccccc4)nc3)cnn2c1N. The molecule has 0 spiro atoms. The number of nitrogens with two attached hydrogens (primary N) is 1. The number of benzene rings is 1. The molecule has 0 bridgehead atoms. The molecule has 1 aliphatic rings. The van der Waals surface area contributed by atoms with Gasteiger partial charge in [0.15, 0.2) is 12.9 Å². The lowest BCUT2D eigenvalue weighted by atomic mass is 9.72. The van der Waals surface area contributed by atoms with Crippen molar-refractivity contribution in [1.82, 2.24) is 29.8 Å². The number of nitrogen functional groups attached to an aromatic ring is 1. The number of likely N-dealkylation sites (tertiary alicyclic amines) is 1. The summed E-state index contributed by atoms with van der Waals surface area (Å²) in [5, 5.41) is 8.19. The number of rotatable bonds is 6. The Morgan fingerprint density at radius 3 is 2.54 bits per heavy atom. The van der Waals surface area contributed by atoms with E-state index < -0.39 is 0 Å². The topological polar surface area (TPSA) is 101 Å². The van der Waals surface area contributed by atoms with E-state index in [-0.39, 0.29) is 5.91 Å². The number of piperidine rings is 1. The maximum absolute atomic E-state index is 11.6. The molecule has 3 N–H and O–H groups in total. The van der Waals surface area contributed by atoms with Crippen molar-refractivity contribution in [3.05, 3.63) is 60.6 Å². The molecule has 0 saturated carbocycles. The third-order valence-electron chi connectivity index (χ3n) is 6.87. The minimum atomic E-state index is 0.149. The van der Waals surface area contributed by atoms with E-state index in [1.807, 2.05) is 41.6 Å². The second kappa shape index (κ2) is 9.87. The molecule has 3 aromatic heterocycles. The summed E-state index contributed by atoms with van der Waals surface area (Å²) in [4.78, 5) is 23.2. The molecule has 1 aromatic carbocycles. The molecule has 4 aromatic rings. The fourth-order valence-electron chi connectivity index (χ4n) is 4.80. The highest BCUT2D eigenvalue weighted by atomic mass is 16.2. The number of pyridine rings is 1. The van der Waals surface area contributed by atoms with Gasteiger partial charge in [-0.1, -0.05) is 43.2 Å². The van der Waals surface area contributed by atoms with Crippen LogP contribution in [0.3, 0.4) is 0 Å². The van der Waals surface area contributed by atoms with Crippen LogP contribution in [0.1, 0.15) is 25.5 Å². The van der Waals surface area contributed by atoms with Gasteiger partial charge in [-0.15, -0.1) is 0 Å². The first-order chi connectivity index (χ1) is 17.0. The molecule has 1 fully saturated rings. The number of amides is 1. The van der Waals surface area contributed by atoms with Gasteiger partial charge in [-0.2, -0.15) is 9.61 Å². The maximum Gasteiger partial charge on any atom is 0.219 e. The fourth-order valence-corrected chi connectivity index (χ4v) is 4.80. The monoisotopic (exact) mass is 467 g/mol. The van der Waals surface area contributed by atoms with Gasteiger partial charge in [0.25, 0.3) is 0 Å². The number of aromatic nitrogens is 4. The maximum atomic E-state index is 11.6. The summed E-state index contributed by atoms with van der Waals surface area (Å²) in [6.45, 7) is 5.94. The highest BCUT2D eigenvalue weighted by Gasteiger charge is 2.22. The van der Waals surface area contributed by atoms with Crippen LogP contribution in [-0.4, -0.2) is 56.8 Å². The number of nitrogens with zero attached hydrogens (tertiary/aromatic N) is 5. The molecule has 4 heterocycles. The predicted octanol–water partition coefficient (Wildman–Crippen LogP) is 2.25. The zero-order chi connectivity index (χ0) is 24.4. The first kappa shape index (κ1) is 23.0. The van der Waals surface area contributed by atoms with E-state index >= 15 is 0 Å². The van der Waals surface area contributed by atoms with Crippen molar-refractivity contribution in [3.63, 3.8) is 0 Å². The van der Waals surface area contributed by atoms with Gasteiger partial charge in [0.05, 0.1) is 17.6 Å². The first-order valence-electron chi connectivity index (χ1n) is 12.2. The van der Waals surface area contributed by atoms with Crippen LogP contribution >= 0.6 is 0 Å². The van der Waals surface area contributed by atoms with Gasteiger partial charge >= 0.3 is 0 Å². The second-order valence-corrected chi connectivity index (χ2v) is 9.03. The van der Waals surface area contributed by atoms with Crippen molar-refractivity contribution < 1.29 is 4.79 Å². The Morgan fingerprint density at radius 1 is 1.11 bits per heavy atom. The van der Waals surface area contributed by atoms with E-state index in [1.54, 1.807) is 11.4 Å². The number of fused-ring (bicyclic) bond motifs is 1. The van der Waals surface area contributed by atoms with Crippen molar-refractivity contribution >= 4 is 30.1 Å². The summed E-state index contributed by atoms with van der Waals surface area (Å²) < 4.78 is 1.73. The van der Waals surface area contributed by atoms with Crippen LogP contribution in [0.15, 0.2) is 54.9 Å². The molecule has 0 aliphatic carbocycles. The predicted molar refractivity (Wildman–Crippen MR) is 141 cm³/mol. The molecule has 178 valence electrons. The number of anilines is 1. The van der Waals surface area contributed by atoms with Crippen LogP contribution in [0.4, 0.5) is 5.82 Å². The molecule has 8 nitrogen and oxygen atoms in total. The highest BCUT2D eigenvalue weighted by molar-refractivity contribution is 6.54. The third kappa shape index (κ3) is 4.64. The zero-order valence-electron chi connectivity index (χ0n) is 20.2. The summed E-state index contributed by atoms with van der Waals surface area (Å²) >= 11 is 0. The Morgan fingerprint density at radius 2 is 1.89 bits per heavy atom. The molecule has 0 radical (unpaired) electrons. The number of hydrogen-bond donors (Lipinski definition) is 2. The lowest BCUT2D eigenvalue weighted by Gasteiger charge is -2.32. The van der Waals surface area contributed by atoms with Gasteiger partial charge in [-0.3, -0.25) is 9.78 Å². The van der Waals surface area contributed by atoms with Crippen molar-refractivity contribution in [1.29, 1.82) is 0 Å². The molecule has 9 heteroatoms. The second-order valence-electron chi connectivity index (χ2n) is 9.03. The van der Waals surface area contributed by atoms with Crippen LogP contribution in [0.5, 0.6) is 0 Å². The Balaban J connectivity index is 1.41. The van der Waals surface area contributed by atoms with Gasteiger partial charge < -0.3 is 16.0 Å². The minimum Gasteiger partial charge on any atom is -0.384 e. The summed E-state index contributed by atoms with van der Waals surface area (Å²) in [6, 6.07) is 14.6. The van der Waals surface area contributed by atoms with E-state index in [0.717, 1.165) is 72.4 Å². The smallest absolute Gasteiger partial charge is 0.219 e. The first-order valence-corrected chi connectivity index (χ1v) is 12.2. The summed E-state index contributed by atoms with van der Waals surface area (Å²) in [5.41, 5.74) is 13.1. The normalized spacial score (nSPS) is 14.4. The van der Waals surface area contributed by atoms with E-state index in [2.05, 4.69) is 40.4 Å². The molecular formula is C26H30BN7O. The Bertz CT molecular complexity index is 1330. The Labute approximate surface area is 205 Å². The van der Waals surface area contributed by atoms with E-state index in [1.165, 1.54) is 0 Å². The minimum absolute atomic E-state index is 0.149. The van der Waals surface area contributed by atoms with Gasteiger partial charge in [-0.05, 0) is 24.4 Å². The van der Waals surface area contributed by atoms with Crippen LogP contribution in [0.2, 0.25) is 6.82 Å². The quantitative estimate of drug-likeness (QED) is 0.422. The number of carbonyl (C=O) groups excluding carboxylic acids is 1. The van der Waals surface area contributed by atoms with Crippen molar-refractivity contribution in [3.8, 4) is 22.4 Å². The molecule has 35 heavy (non-hydrogen) atoms. The average Bonchev–Trinajstić information content (AvgIpc) is 3.32. The van der Waals surface area contributed by atoms with Gasteiger partial charge in [0.1, 0.15) is 5.82 Å². The number of hydrogen-bond acceptors (Lipinski definition) is 6. The fraction of sp³-hybridized carbons (Fsp3) is 0.308. The zero-order valence-corrected chi connectivity index (χ0v) is 20.2.